The number of likely N-dealkylation sites (tertiary alicyclic amines) is 1. The third-order valence-corrected chi connectivity index (χ3v) is 9.45. The van der Waals surface area contributed by atoms with Crippen LogP contribution in [0.1, 0.15) is 37.8 Å². The van der Waals surface area contributed by atoms with Crippen molar-refractivity contribution in [3.8, 4) is 11.5 Å². The van der Waals surface area contributed by atoms with Crippen LogP contribution in [0.2, 0.25) is 0 Å². The first-order valence-corrected chi connectivity index (χ1v) is 17.4. The monoisotopic (exact) mass is 737 g/mol. The number of carbonyl (C=O) groups is 3. The van der Waals surface area contributed by atoms with Crippen LogP contribution in [0, 0.1) is 0 Å². The first-order chi connectivity index (χ1) is 23.7. The largest absolute Gasteiger partial charge is 0.542 e. The van der Waals surface area contributed by atoms with E-state index >= 15 is 0 Å². The third-order valence-electron chi connectivity index (χ3n) is 7.78. The molecule has 0 spiro atoms. The summed E-state index contributed by atoms with van der Waals surface area (Å²) in [6.07, 6.45) is -3.28. The SMILES string of the molecule is CC(C)NS(=O)(=O)c1ccc(NC(=O)N[C@@H](Cc2ccc(O)cc2)C(=O)N[C@H]2CCC[N+](C)(Cc3cccc(O)c3)C2)cc1.O=C([O-])C(F)(F)F. The Kier molecular flexibility index (Phi) is 13.8. The van der Waals surface area contributed by atoms with Crippen LogP contribution in [0.5, 0.6) is 11.5 Å². The van der Waals surface area contributed by atoms with Crippen molar-refractivity contribution in [2.75, 3.05) is 25.5 Å². The minimum Gasteiger partial charge on any atom is -0.542 e. The Bertz CT molecular complexity index is 1760. The molecule has 1 unspecified atom stereocenters. The Morgan fingerprint density at radius 3 is 2.16 bits per heavy atom. The number of quaternary nitrogens is 1. The molecule has 6 N–H and O–H groups in total. The quantitative estimate of drug-likeness (QED) is 0.162. The lowest BCUT2D eigenvalue weighted by Gasteiger charge is -2.42. The van der Waals surface area contributed by atoms with Crippen LogP contribution in [-0.4, -0.2) is 85.5 Å². The molecule has 1 fully saturated rings. The van der Waals surface area contributed by atoms with Crippen molar-refractivity contribution >= 4 is 33.6 Å². The zero-order valence-electron chi connectivity index (χ0n) is 28.2. The number of carboxylic acid groups (broad SMARTS) is 1. The van der Waals surface area contributed by atoms with Gasteiger partial charge < -0.3 is 40.5 Å². The molecule has 278 valence electrons. The zero-order chi connectivity index (χ0) is 38.0. The molecule has 51 heavy (non-hydrogen) atoms. The third kappa shape index (κ3) is 13.4. The van der Waals surface area contributed by atoms with Gasteiger partial charge in [-0.25, -0.2) is 17.9 Å². The Morgan fingerprint density at radius 1 is 0.961 bits per heavy atom. The lowest BCUT2D eigenvalue weighted by Crippen LogP contribution is -2.59. The number of aliphatic carboxylic acids is 1. The predicted octanol–water partition coefficient (Wildman–Crippen LogP) is 2.74. The topological polar surface area (TPSA) is 197 Å². The van der Waals surface area contributed by atoms with E-state index in [1.165, 1.54) is 36.4 Å². The number of benzene rings is 3. The number of nitrogens with one attached hydrogen (secondary N) is 4. The van der Waals surface area contributed by atoms with E-state index in [1.807, 2.05) is 12.1 Å². The maximum atomic E-state index is 13.6. The number of urea groups is 1. The average Bonchev–Trinajstić information content (AvgIpc) is 3.01. The van der Waals surface area contributed by atoms with Gasteiger partial charge in [0.05, 0.1) is 31.1 Å². The molecular weight excluding hydrogens is 695 g/mol. The minimum absolute atomic E-state index is 0.0729. The molecule has 0 aromatic heterocycles. The minimum atomic E-state index is -5.19. The number of alkyl halides is 3. The van der Waals surface area contributed by atoms with Gasteiger partial charge in [0.15, 0.2) is 0 Å². The number of rotatable bonds is 11. The summed E-state index contributed by atoms with van der Waals surface area (Å²) in [4.78, 5) is 35.5. The van der Waals surface area contributed by atoms with Gasteiger partial charge in [-0.1, -0.05) is 24.3 Å². The number of sulfonamides is 1. The summed E-state index contributed by atoms with van der Waals surface area (Å²) in [6.45, 7) is 5.80. The van der Waals surface area contributed by atoms with E-state index in [0.29, 0.717) is 23.3 Å². The summed E-state index contributed by atoms with van der Waals surface area (Å²) in [7, 11) is -1.54. The molecule has 3 amide bonds. The van der Waals surface area contributed by atoms with Crippen molar-refractivity contribution in [3.63, 3.8) is 0 Å². The van der Waals surface area contributed by atoms with Crippen LogP contribution in [-0.2, 0) is 32.6 Å². The molecule has 17 heteroatoms. The molecule has 3 aromatic rings. The highest BCUT2D eigenvalue weighted by Gasteiger charge is 2.34. The highest BCUT2D eigenvalue weighted by atomic mass is 32.2. The standard InChI is InChI=1S/C32H41N5O6S.C2HF3O2/c1-22(2)36-44(42,43)29-15-11-25(12-16-29)34-32(41)35-30(19-23-9-13-27(38)14-10-23)31(40)33-26-7-5-17-37(3,21-26)20-24-6-4-8-28(39)18-24;3-2(4,5)1(6)7/h4,6,8-16,18,22,26,30,36H,5,7,17,19-21H2,1-3H3,(H4-,33,34,35,38,39,40,41);(H,6,7)/t26-,30-,37?;/m0./s1. The zero-order valence-corrected chi connectivity index (χ0v) is 29.1. The van der Waals surface area contributed by atoms with Gasteiger partial charge in [-0.15, -0.1) is 0 Å². The second-order valence-electron chi connectivity index (χ2n) is 12.8. The summed E-state index contributed by atoms with van der Waals surface area (Å²) < 4.78 is 59.6. The summed E-state index contributed by atoms with van der Waals surface area (Å²) in [6, 6.07) is 17.5. The molecule has 1 aliphatic rings. The van der Waals surface area contributed by atoms with Crippen LogP contribution < -0.4 is 25.8 Å². The molecule has 13 nitrogen and oxygen atoms in total. The van der Waals surface area contributed by atoms with Gasteiger partial charge in [0.25, 0.3) is 0 Å². The molecule has 1 saturated heterocycles. The number of halogens is 3. The molecule has 0 saturated carbocycles. The molecule has 3 aromatic carbocycles. The maximum Gasteiger partial charge on any atom is 0.430 e. The highest BCUT2D eigenvalue weighted by Crippen LogP contribution is 2.23. The molecule has 0 radical (unpaired) electrons. The smallest absolute Gasteiger partial charge is 0.430 e. The van der Waals surface area contributed by atoms with Gasteiger partial charge in [-0.3, -0.25) is 4.79 Å². The van der Waals surface area contributed by atoms with Crippen LogP contribution in [0.3, 0.4) is 0 Å². The van der Waals surface area contributed by atoms with E-state index in [2.05, 4.69) is 27.7 Å². The number of piperidine rings is 1. The van der Waals surface area contributed by atoms with Gasteiger partial charge in [-0.05, 0) is 80.8 Å². The van der Waals surface area contributed by atoms with E-state index in [0.717, 1.165) is 30.5 Å². The number of anilines is 1. The van der Waals surface area contributed by atoms with E-state index in [-0.39, 0.29) is 40.8 Å². The molecule has 0 bridgehead atoms. The second kappa shape index (κ2) is 17.4. The van der Waals surface area contributed by atoms with Crippen molar-refractivity contribution < 1.29 is 55.8 Å². The summed E-state index contributed by atoms with van der Waals surface area (Å²) in [5, 5.41) is 37.0. The van der Waals surface area contributed by atoms with Crippen LogP contribution in [0.4, 0.5) is 23.7 Å². The first kappa shape index (κ1) is 40.6. The van der Waals surface area contributed by atoms with E-state index in [9.17, 15) is 41.4 Å². The number of phenols is 2. The lowest BCUT2D eigenvalue weighted by atomic mass is 10.00. The van der Waals surface area contributed by atoms with Crippen molar-refractivity contribution in [1.82, 2.24) is 15.4 Å². The van der Waals surface area contributed by atoms with E-state index in [4.69, 9.17) is 9.90 Å². The number of amides is 3. The van der Waals surface area contributed by atoms with Gasteiger partial charge >= 0.3 is 12.2 Å². The normalized spacial score (nSPS) is 18.1. The fourth-order valence-electron chi connectivity index (χ4n) is 5.59. The number of hydrogen-bond acceptors (Lipinski definition) is 8. The Hall–Kier alpha value is -4.87. The first-order valence-electron chi connectivity index (χ1n) is 15.9. The number of aromatic hydroxyl groups is 2. The fourth-order valence-corrected chi connectivity index (χ4v) is 6.84. The Balaban J connectivity index is 0.000000908. The Morgan fingerprint density at radius 2 is 1.59 bits per heavy atom. The number of carboxylic acids is 1. The van der Waals surface area contributed by atoms with Gasteiger partial charge in [0.1, 0.15) is 30.1 Å². The lowest BCUT2D eigenvalue weighted by molar-refractivity contribution is -0.927. The van der Waals surface area contributed by atoms with Crippen molar-refractivity contribution in [2.24, 2.45) is 0 Å². The van der Waals surface area contributed by atoms with Crippen LogP contribution in [0.25, 0.3) is 0 Å². The van der Waals surface area contributed by atoms with Crippen molar-refractivity contribution in [1.29, 1.82) is 0 Å². The molecular formula is C34H42F3N5O8S. The molecule has 3 atom stereocenters. The van der Waals surface area contributed by atoms with Crippen LogP contribution in [0.15, 0.2) is 77.7 Å². The number of carbonyl (C=O) groups excluding carboxylic acids is 3. The van der Waals surface area contributed by atoms with Gasteiger partial charge in [0, 0.05) is 23.7 Å². The molecule has 0 aliphatic carbocycles. The maximum absolute atomic E-state index is 13.6. The van der Waals surface area contributed by atoms with Crippen LogP contribution >= 0.6 is 0 Å². The number of phenolic OH excluding ortho intramolecular Hbond substituents is 2. The predicted molar refractivity (Wildman–Crippen MR) is 180 cm³/mol. The summed E-state index contributed by atoms with van der Waals surface area (Å²) in [5.74, 6) is -3.01. The molecule has 1 aliphatic heterocycles. The number of hydrogen-bond donors (Lipinski definition) is 6. The number of likely N-dealkylation sites (N-methyl/N-ethyl adjacent to an activating group) is 1. The van der Waals surface area contributed by atoms with E-state index in [1.54, 1.807) is 38.1 Å². The molecule has 4 rings (SSSR count). The summed E-state index contributed by atoms with van der Waals surface area (Å²) >= 11 is 0. The van der Waals surface area contributed by atoms with Gasteiger partial charge in [0.2, 0.25) is 15.9 Å². The van der Waals surface area contributed by atoms with Crippen molar-refractivity contribution in [3.05, 3.63) is 83.9 Å². The summed E-state index contributed by atoms with van der Waals surface area (Å²) in [5.41, 5.74) is 2.13. The fraction of sp³-hybridized carbons (Fsp3) is 0.382. The van der Waals surface area contributed by atoms with Crippen molar-refractivity contribution in [2.45, 2.75) is 68.9 Å². The van der Waals surface area contributed by atoms with E-state index < -0.39 is 34.2 Å². The molecule has 1 heterocycles. The second-order valence-corrected chi connectivity index (χ2v) is 14.5. The highest BCUT2D eigenvalue weighted by molar-refractivity contribution is 7.89. The average molecular weight is 738 g/mol. The van der Waals surface area contributed by atoms with Gasteiger partial charge in [-0.2, -0.15) is 13.2 Å². The Labute approximate surface area is 294 Å². The number of nitrogens with zero attached hydrogens (tertiary/aromatic N) is 1.